The summed E-state index contributed by atoms with van der Waals surface area (Å²) < 4.78 is 23.8. The molecule has 0 saturated carbocycles. The number of amides is 1. The molecule has 1 aromatic heterocycles. The number of hydrogen-bond acceptors (Lipinski definition) is 2. The van der Waals surface area contributed by atoms with Gasteiger partial charge in [-0.05, 0) is 12.1 Å². The number of hydrogen-bond donors (Lipinski definition) is 1. The van der Waals surface area contributed by atoms with Gasteiger partial charge in [0.15, 0.2) is 0 Å². The van der Waals surface area contributed by atoms with Gasteiger partial charge in [-0.1, -0.05) is 0 Å². The first kappa shape index (κ1) is 8.58. The minimum Gasteiger partial charge on any atom is -0.366 e. The molecule has 1 aromatic rings. The van der Waals surface area contributed by atoms with Crippen molar-refractivity contribution in [3.05, 3.63) is 29.6 Å². The van der Waals surface area contributed by atoms with Crippen LogP contribution in [0.4, 0.5) is 8.78 Å². The molecule has 64 valence electrons. The van der Waals surface area contributed by atoms with Crippen molar-refractivity contribution in [3.63, 3.8) is 0 Å². The molecule has 0 saturated heterocycles. The fraction of sp³-hybridized carbons (Fsp3) is 0.143. The Morgan fingerprint density at radius 2 is 2.17 bits per heavy atom. The van der Waals surface area contributed by atoms with Crippen LogP contribution in [0.15, 0.2) is 18.3 Å². The molecule has 1 rings (SSSR count). The summed E-state index contributed by atoms with van der Waals surface area (Å²) in [7, 11) is 0. The van der Waals surface area contributed by atoms with Crippen LogP contribution in [-0.2, 0) is 0 Å². The van der Waals surface area contributed by atoms with E-state index in [1.807, 2.05) is 0 Å². The van der Waals surface area contributed by atoms with Crippen molar-refractivity contribution in [1.82, 2.24) is 4.98 Å². The van der Waals surface area contributed by atoms with Gasteiger partial charge in [0.2, 0.25) is 5.91 Å². The maximum Gasteiger partial charge on any atom is 0.280 e. The van der Waals surface area contributed by atoms with Crippen molar-refractivity contribution >= 4 is 5.91 Å². The summed E-state index contributed by atoms with van der Waals surface area (Å²) in [4.78, 5) is 13.8. The van der Waals surface area contributed by atoms with Crippen LogP contribution in [0.25, 0.3) is 0 Å². The predicted molar refractivity (Wildman–Crippen MR) is 37.7 cm³/mol. The molecule has 0 aliphatic rings. The largest absolute Gasteiger partial charge is 0.366 e. The number of alkyl halides is 2. The predicted octanol–water partition coefficient (Wildman–Crippen LogP) is 1.12. The van der Waals surface area contributed by atoms with Crippen molar-refractivity contribution in [3.8, 4) is 0 Å². The molecule has 0 aliphatic heterocycles. The molecule has 3 nitrogen and oxygen atoms in total. The van der Waals surface area contributed by atoms with Crippen LogP contribution in [0.1, 0.15) is 22.5 Å². The van der Waals surface area contributed by atoms with Gasteiger partial charge >= 0.3 is 0 Å². The highest BCUT2D eigenvalue weighted by Crippen LogP contribution is 2.15. The summed E-state index contributed by atoms with van der Waals surface area (Å²) in [5.74, 6) is -0.677. The molecule has 1 amide bonds. The van der Waals surface area contributed by atoms with E-state index < -0.39 is 12.3 Å². The van der Waals surface area contributed by atoms with Gasteiger partial charge in [0.05, 0.1) is 5.56 Å². The van der Waals surface area contributed by atoms with Crippen molar-refractivity contribution in [2.45, 2.75) is 6.43 Å². The zero-order valence-corrected chi connectivity index (χ0v) is 6.00. The van der Waals surface area contributed by atoms with Crippen molar-refractivity contribution in [2.75, 3.05) is 0 Å². The molecule has 0 radical (unpaired) electrons. The van der Waals surface area contributed by atoms with Crippen molar-refractivity contribution in [1.29, 1.82) is 0 Å². The third-order valence-corrected chi connectivity index (χ3v) is 1.29. The van der Waals surface area contributed by atoms with E-state index in [2.05, 4.69) is 4.98 Å². The number of carbonyl (C=O) groups excluding carboxylic acids is 1. The first-order valence-electron chi connectivity index (χ1n) is 3.15. The fourth-order valence-electron chi connectivity index (χ4n) is 0.680. The first-order valence-corrected chi connectivity index (χ1v) is 3.15. The first-order chi connectivity index (χ1) is 5.61. The van der Waals surface area contributed by atoms with Crippen LogP contribution in [-0.4, -0.2) is 10.9 Å². The molecule has 12 heavy (non-hydrogen) atoms. The number of rotatable bonds is 2. The minimum atomic E-state index is -2.62. The van der Waals surface area contributed by atoms with E-state index in [4.69, 9.17) is 5.73 Å². The average Bonchev–Trinajstić information content (AvgIpc) is 2.04. The molecule has 0 aliphatic carbocycles. The average molecular weight is 172 g/mol. The van der Waals surface area contributed by atoms with Gasteiger partial charge < -0.3 is 5.73 Å². The molecule has 2 N–H and O–H groups in total. The lowest BCUT2D eigenvalue weighted by atomic mass is 10.2. The van der Waals surface area contributed by atoms with Crippen molar-refractivity contribution in [2.24, 2.45) is 5.73 Å². The van der Waals surface area contributed by atoms with Crippen LogP contribution in [0.5, 0.6) is 0 Å². The number of nitrogens with two attached hydrogens (primary N) is 1. The molecule has 0 unspecified atom stereocenters. The summed E-state index contributed by atoms with van der Waals surface area (Å²) >= 11 is 0. The van der Waals surface area contributed by atoms with Crippen LogP contribution in [0, 0.1) is 0 Å². The number of carbonyl (C=O) groups is 1. The minimum absolute atomic E-state index is 0.124. The second kappa shape index (κ2) is 3.25. The third kappa shape index (κ3) is 1.75. The maximum absolute atomic E-state index is 11.9. The molecule has 0 atom stereocenters. The number of nitrogens with zero attached hydrogens (tertiary/aromatic N) is 1. The lowest BCUT2D eigenvalue weighted by Crippen LogP contribution is -2.11. The SMILES string of the molecule is NC(=O)c1ccc(C(F)F)nc1. The number of pyridine rings is 1. The Morgan fingerprint density at radius 3 is 2.50 bits per heavy atom. The highest BCUT2D eigenvalue weighted by Gasteiger charge is 2.08. The molecule has 0 fully saturated rings. The Bertz CT molecular complexity index is 284. The highest BCUT2D eigenvalue weighted by atomic mass is 19.3. The normalized spacial score (nSPS) is 10.2. The molecule has 5 heteroatoms. The number of aromatic nitrogens is 1. The zero-order chi connectivity index (χ0) is 9.14. The summed E-state index contributed by atoms with van der Waals surface area (Å²) in [6.07, 6.45) is -1.59. The van der Waals surface area contributed by atoms with E-state index in [1.165, 1.54) is 6.07 Å². The van der Waals surface area contributed by atoms with E-state index >= 15 is 0 Å². The summed E-state index contributed by atoms with van der Waals surface area (Å²) in [6.45, 7) is 0. The molecule has 0 aromatic carbocycles. The smallest absolute Gasteiger partial charge is 0.280 e. The third-order valence-electron chi connectivity index (χ3n) is 1.29. The van der Waals surface area contributed by atoms with Gasteiger partial charge in [0.1, 0.15) is 5.69 Å². The second-order valence-corrected chi connectivity index (χ2v) is 2.14. The van der Waals surface area contributed by atoms with E-state index in [9.17, 15) is 13.6 Å². The monoisotopic (exact) mass is 172 g/mol. The quantitative estimate of drug-likeness (QED) is 0.726. The van der Waals surface area contributed by atoms with Gasteiger partial charge in [0.25, 0.3) is 6.43 Å². The van der Waals surface area contributed by atoms with E-state index in [0.717, 1.165) is 12.3 Å². The van der Waals surface area contributed by atoms with Crippen LogP contribution in [0.2, 0.25) is 0 Å². The Hall–Kier alpha value is -1.52. The van der Waals surface area contributed by atoms with Crippen LogP contribution < -0.4 is 5.73 Å². The maximum atomic E-state index is 11.9. The van der Waals surface area contributed by atoms with E-state index in [-0.39, 0.29) is 11.3 Å². The number of primary amides is 1. The van der Waals surface area contributed by atoms with Gasteiger partial charge in [0, 0.05) is 6.20 Å². The van der Waals surface area contributed by atoms with Gasteiger partial charge in [-0.15, -0.1) is 0 Å². The van der Waals surface area contributed by atoms with Crippen molar-refractivity contribution < 1.29 is 13.6 Å². The molecule has 1 heterocycles. The second-order valence-electron chi connectivity index (χ2n) is 2.14. The summed E-state index contributed by atoms with van der Waals surface area (Å²) in [6, 6.07) is 2.29. The summed E-state index contributed by atoms with van der Waals surface area (Å²) in [5, 5.41) is 0. The standard InChI is InChI=1S/C7H6F2N2O/c8-6(9)5-2-1-4(3-11-5)7(10)12/h1-3,6H,(H2,10,12). The van der Waals surface area contributed by atoms with E-state index in [1.54, 1.807) is 0 Å². The van der Waals surface area contributed by atoms with Gasteiger partial charge in [-0.3, -0.25) is 9.78 Å². The van der Waals surface area contributed by atoms with Gasteiger partial charge in [-0.25, -0.2) is 8.78 Å². The lowest BCUT2D eigenvalue weighted by molar-refractivity contribution is 0.0999. The summed E-state index contributed by atoms with van der Waals surface area (Å²) in [5.41, 5.74) is 4.64. The molecular formula is C7H6F2N2O. The molecule has 0 spiro atoms. The molecule has 0 bridgehead atoms. The Kier molecular flexibility index (Phi) is 2.32. The Balaban J connectivity index is 2.93. The van der Waals surface area contributed by atoms with Gasteiger partial charge in [-0.2, -0.15) is 0 Å². The highest BCUT2D eigenvalue weighted by molar-refractivity contribution is 5.92. The Labute approximate surface area is 67.2 Å². The van der Waals surface area contributed by atoms with Crippen LogP contribution >= 0.6 is 0 Å². The Morgan fingerprint density at radius 1 is 1.50 bits per heavy atom. The van der Waals surface area contributed by atoms with E-state index in [0.29, 0.717) is 0 Å². The number of halogens is 2. The zero-order valence-electron chi connectivity index (χ0n) is 6.00. The topological polar surface area (TPSA) is 56.0 Å². The fourth-order valence-corrected chi connectivity index (χ4v) is 0.680. The lowest BCUT2D eigenvalue weighted by Gasteiger charge is -1.98. The van der Waals surface area contributed by atoms with Crippen LogP contribution in [0.3, 0.4) is 0 Å². The molecular weight excluding hydrogens is 166 g/mol.